The smallest absolute Gasteiger partial charge is 0.459 e. The van der Waals surface area contributed by atoms with Gasteiger partial charge >= 0.3 is 29.9 Å². The van der Waals surface area contributed by atoms with Gasteiger partial charge in [-0.25, -0.2) is 0 Å². The van der Waals surface area contributed by atoms with Crippen molar-refractivity contribution in [1.29, 1.82) is 0 Å². The van der Waals surface area contributed by atoms with Crippen molar-refractivity contribution in [3.63, 3.8) is 0 Å². The van der Waals surface area contributed by atoms with Crippen LogP contribution >= 0.6 is 0 Å². The van der Waals surface area contributed by atoms with Crippen molar-refractivity contribution in [3.05, 3.63) is 35.9 Å². The van der Waals surface area contributed by atoms with Crippen molar-refractivity contribution in [2.75, 3.05) is 0 Å². The van der Waals surface area contributed by atoms with Crippen molar-refractivity contribution >= 4 is 6.47 Å². The summed E-state index contributed by atoms with van der Waals surface area (Å²) in [5.41, 5.74) is -0.411. The monoisotopic (exact) mass is 418 g/mol. The van der Waals surface area contributed by atoms with Crippen LogP contribution in [0, 0.1) is 0 Å². The van der Waals surface area contributed by atoms with Crippen LogP contribution in [0.1, 0.15) is 18.1 Å². The summed E-state index contributed by atoms with van der Waals surface area (Å²) in [6.07, 6.45) is -12.0. The van der Waals surface area contributed by atoms with E-state index in [0.29, 0.717) is 0 Å². The van der Waals surface area contributed by atoms with Crippen LogP contribution in [0.25, 0.3) is 0 Å². The topological polar surface area (TPSA) is 26.3 Å². The van der Waals surface area contributed by atoms with Crippen LogP contribution in [-0.2, 0) is 9.53 Å². The van der Waals surface area contributed by atoms with E-state index < -0.39 is 54.4 Å². The molecule has 0 amide bonds. The van der Waals surface area contributed by atoms with Crippen molar-refractivity contribution < 1.29 is 57.8 Å². The van der Waals surface area contributed by atoms with E-state index in [0.717, 1.165) is 24.3 Å². The van der Waals surface area contributed by atoms with E-state index in [1.165, 1.54) is 6.07 Å². The van der Waals surface area contributed by atoms with Crippen molar-refractivity contribution in [2.24, 2.45) is 0 Å². The molecule has 0 heterocycles. The Morgan fingerprint density at radius 2 is 1.26 bits per heavy atom. The normalized spacial score (nSPS) is 15.4. The average molecular weight is 418 g/mol. The number of hydrogen-bond donors (Lipinski definition) is 0. The van der Waals surface area contributed by atoms with Gasteiger partial charge in [-0.05, 0) is 5.56 Å². The molecule has 1 aromatic rings. The fraction of sp³-hybridized carbons (Fsp3) is 0.500. The summed E-state index contributed by atoms with van der Waals surface area (Å²) in [4.78, 5) is 10.3. The molecule has 1 unspecified atom stereocenters. The Labute approximate surface area is 143 Å². The molecule has 0 saturated heterocycles. The van der Waals surface area contributed by atoms with E-state index in [2.05, 4.69) is 4.74 Å². The number of ether oxygens (including phenoxy) is 1. The molecule has 154 valence electrons. The molecule has 1 atom stereocenters. The summed E-state index contributed by atoms with van der Waals surface area (Å²) in [5.74, 6) is -28.2. The van der Waals surface area contributed by atoms with Gasteiger partial charge in [0.15, 0.2) is 0 Å². The molecule has 0 N–H and O–H groups in total. The summed E-state index contributed by atoms with van der Waals surface area (Å²) in [6.45, 7) is -0.506. The third kappa shape index (κ3) is 3.95. The van der Waals surface area contributed by atoms with Crippen LogP contribution < -0.4 is 0 Å². The van der Waals surface area contributed by atoms with Gasteiger partial charge in [0.25, 0.3) is 6.47 Å². The Balaban J connectivity index is 3.31. The minimum atomic E-state index is -7.50. The SMILES string of the molecule is O=COC(CC(F)(F)C(F)(F)C(F)(F)C(F)(F)C(F)(F)F)c1ccccc1. The number of hydrogen-bond acceptors (Lipinski definition) is 2. The quantitative estimate of drug-likeness (QED) is 0.418. The summed E-state index contributed by atoms with van der Waals surface area (Å²) in [5, 5.41) is 0. The lowest BCUT2D eigenvalue weighted by Crippen LogP contribution is -2.66. The van der Waals surface area contributed by atoms with Crippen LogP contribution in [0.4, 0.5) is 48.3 Å². The van der Waals surface area contributed by atoms with Crippen LogP contribution in [0.5, 0.6) is 0 Å². The summed E-state index contributed by atoms with van der Waals surface area (Å²) in [6, 6.07) is 5.51. The van der Waals surface area contributed by atoms with Gasteiger partial charge in [-0.1, -0.05) is 30.3 Å². The van der Waals surface area contributed by atoms with E-state index in [-0.39, 0.29) is 0 Å². The largest absolute Gasteiger partial charge is 0.460 e. The molecule has 0 saturated carbocycles. The Kier molecular flexibility index (Phi) is 6.08. The molecule has 0 radical (unpaired) electrons. The fourth-order valence-corrected chi connectivity index (χ4v) is 1.95. The van der Waals surface area contributed by atoms with Gasteiger partial charge in [0.2, 0.25) is 0 Å². The first-order valence-electron chi connectivity index (χ1n) is 6.75. The zero-order chi connectivity index (χ0) is 21.3. The molecule has 0 bridgehead atoms. The molecule has 0 aliphatic heterocycles. The maximum Gasteiger partial charge on any atom is 0.460 e. The summed E-state index contributed by atoms with van der Waals surface area (Å²) < 4.78 is 147. The maximum absolute atomic E-state index is 13.7. The highest BCUT2D eigenvalue weighted by molar-refractivity contribution is 5.38. The summed E-state index contributed by atoms with van der Waals surface area (Å²) >= 11 is 0. The minimum absolute atomic E-state index is 0.411. The molecule has 0 aliphatic carbocycles. The van der Waals surface area contributed by atoms with Gasteiger partial charge in [0.05, 0.1) is 6.42 Å². The highest BCUT2D eigenvalue weighted by Gasteiger charge is 2.87. The first kappa shape index (κ1) is 23.0. The van der Waals surface area contributed by atoms with Crippen LogP contribution in [-0.4, -0.2) is 36.3 Å². The first-order chi connectivity index (χ1) is 12.0. The van der Waals surface area contributed by atoms with Gasteiger partial charge in [0.1, 0.15) is 6.10 Å². The molecule has 0 spiro atoms. The second-order valence-corrected chi connectivity index (χ2v) is 5.26. The number of carbonyl (C=O) groups excluding carboxylic acids is 1. The van der Waals surface area contributed by atoms with E-state index in [1.54, 1.807) is 0 Å². The highest BCUT2D eigenvalue weighted by Crippen LogP contribution is 2.58. The Morgan fingerprint density at radius 3 is 1.67 bits per heavy atom. The standard InChI is InChI=1S/C14H9F11O2/c15-10(16,6-9(27-7-26)8-4-2-1-3-5-8)11(17,18)12(19,20)13(21,22)14(23,24)25/h1-5,7,9H,6H2. The average Bonchev–Trinajstić information content (AvgIpc) is 2.53. The van der Waals surface area contributed by atoms with E-state index in [1.807, 2.05) is 0 Å². The lowest BCUT2D eigenvalue weighted by Gasteiger charge is -2.38. The fourth-order valence-electron chi connectivity index (χ4n) is 1.95. The Morgan fingerprint density at radius 1 is 0.778 bits per heavy atom. The second kappa shape index (κ2) is 7.15. The van der Waals surface area contributed by atoms with Crippen LogP contribution in [0.2, 0.25) is 0 Å². The molecule has 2 nitrogen and oxygen atoms in total. The number of halogens is 11. The predicted molar refractivity (Wildman–Crippen MR) is 66.8 cm³/mol. The molecule has 27 heavy (non-hydrogen) atoms. The third-order valence-electron chi connectivity index (χ3n) is 3.44. The molecule has 1 rings (SSSR count). The van der Waals surface area contributed by atoms with Gasteiger partial charge in [-0.2, -0.15) is 48.3 Å². The lowest BCUT2D eigenvalue weighted by molar-refractivity contribution is -0.423. The first-order valence-corrected chi connectivity index (χ1v) is 6.75. The van der Waals surface area contributed by atoms with Gasteiger partial charge in [-0.3, -0.25) is 4.79 Å². The molecule has 13 heteroatoms. The second-order valence-electron chi connectivity index (χ2n) is 5.26. The van der Waals surface area contributed by atoms with Gasteiger partial charge in [-0.15, -0.1) is 0 Å². The minimum Gasteiger partial charge on any atom is -0.459 e. The predicted octanol–water partition coefficient (Wildman–Crippen LogP) is 5.39. The van der Waals surface area contributed by atoms with Gasteiger partial charge < -0.3 is 4.74 Å². The third-order valence-corrected chi connectivity index (χ3v) is 3.44. The zero-order valence-corrected chi connectivity index (χ0v) is 12.7. The molecule has 0 aliphatic rings. The van der Waals surface area contributed by atoms with Crippen molar-refractivity contribution in [1.82, 2.24) is 0 Å². The van der Waals surface area contributed by atoms with E-state index in [9.17, 15) is 53.1 Å². The summed E-state index contributed by atoms with van der Waals surface area (Å²) in [7, 11) is 0. The molecule has 0 fully saturated rings. The number of carbonyl (C=O) groups is 1. The van der Waals surface area contributed by atoms with Crippen molar-refractivity contribution in [2.45, 2.75) is 42.4 Å². The maximum atomic E-state index is 13.7. The van der Waals surface area contributed by atoms with Crippen LogP contribution in [0.3, 0.4) is 0 Å². The van der Waals surface area contributed by atoms with Crippen molar-refractivity contribution in [3.8, 4) is 0 Å². The van der Waals surface area contributed by atoms with Crippen LogP contribution in [0.15, 0.2) is 30.3 Å². The Bertz CT molecular complexity index is 640. The molecule has 0 aromatic heterocycles. The number of rotatable bonds is 8. The van der Waals surface area contributed by atoms with E-state index >= 15 is 0 Å². The molecular weight excluding hydrogens is 409 g/mol. The number of benzene rings is 1. The van der Waals surface area contributed by atoms with Gasteiger partial charge in [0, 0.05) is 0 Å². The number of alkyl halides is 11. The zero-order valence-electron chi connectivity index (χ0n) is 12.7. The van der Waals surface area contributed by atoms with E-state index in [4.69, 9.17) is 0 Å². The highest BCUT2D eigenvalue weighted by atomic mass is 19.4. The molecule has 1 aromatic carbocycles. The lowest BCUT2D eigenvalue weighted by atomic mass is 9.92. The Hall–Kier alpha value is -2.08. The molecular formula is C14H9F11O2.